The van der Waals surface area contributed by atoms with Gasteiger partial charge in [0.05, 0.1) is 29.4 Å². The van der Waals surface area contributed by atoms with Crippen molar-refractivity contribution in [2.75, 3.05) is 12.9 Å². The van der Waals surface area contributed by atoms with Gasteiger partial charge >= 0.3 is 5.97 Å². The first-order chi connectivity index (χ1) is 8.27. The van der Waals surface area contributed by atoms with E-state index in [-0.39, 0.29) is 10.5 Å². The maximum Gasteiger partial charge on any atom is 0.339 e. The predicted octanol–water partition coefficient (Wildman–Crippen LogP) is 1.39. The number of esters is 1. The summed E-state index contributed by atoms with van der Waals surface area (Å²) in [7, 11) is -2.41. The third-order valence-corrected chi connectivity index (χ3v) is 4.75. The number of aliphatic hydroxyl groups excluding tert-OH is 1. The molecule has 0 radical (unpaired) electrons. The molecule has 1 N–H and O–H groups in total. The van der Waals surface area contributed by atoms with Crippen LogP contribution < -0.4 is 0 Å². The third kappa shape index (κ3) is 3.54. The number of rotatable bonds is 4. The van der Waals surface area contributed by atoms with Crippen molar-refractivity contribution in [1.29, 1.82) is 0 Å². The molecule has 0 saturated heterocycles. The fraction of sp³-hybridized carbons (Fsp3) is 0.364. The van der Waals surface area contributed by atoms with Gasteiger partial charge in [0.2, 0.25) is 0 Å². The molecular formula is C11H13BrO5S. The zero-order valence-electron chi connectivity index (χ0n) is 9.88. The Morgan fingerprint density at radius 2 is 2.11 bits per heavy atom. The van der Waals surface area contributed by atoms with E-state index in [4.69, 9.17) is 5.11 Å². The molecular weight excluding hydrogens is 324 g/mol. The highest BCUT2D eigenvalue weighted by Gasteiger charge is 2.20. The Balaban J connectivity index is 3.24. The van der Waals surface area contributed by atoms with Crippen LogP contribution in [0, 0.1) is 0 Å². The molecule has 0 aromatic heterocycles. The van der Waals surface area contributed by atoms with E-state index < -0.39 is 27.7 Å². The molecule has 1 aromatic rings. The van der Waals surface area contributed by atoms with Crippen molar-refractivity contribution in [3.05, 3.63) is 28.2 Å². The summed E-state index contributed by atoms with van der Waals surface area (Å²) in [4.78, 5) is 11.4. The molecule has 5 nitrogen and oxygen atoms in total. The van der Waals surface area contributed by atoms with Crippen molar-refractivity contribution in [2.45, 2.75) is 17.9 Å². The van der Waals surface area contributed by atoms with Gasteiger partial charge in [0.1, 0.15) is 0 Å². The largest absolute Gasteiger partial charge is 0.465 e. The van der Waals surface area contributed by atoms with Gasteiger partial charge in [-0.2, -0.15) is 0 Å². The summed E-state index contributed by atoms with van der Waals surface area (Å²) in [5.74, 6) is -1.02. The molecule has 0 bridgehead atoms. The maximum absolute atomic E-state index is 11.9. The Bertz CT molecular complexity index is 551. The number of benzene rings is 1. The van der Waals surface area contributed by atoms with Gasteiger partial charge in [-0.3, -0.25) is 0 Å². The minimum Gasteiger partial charge on any atom is -0.465 e. The van der Waals surface area contributed by atoms with E-state index in [0.29, 0.717) is 4.47 Å². The number of sulfone groups is 1. The molecule has 100 valence electrons. The fourth-order valence-electron chi connectivity index (χ4n) is 1.38. The van der Waals surface area contributed by atoms with Crippen LogP contribution in [0.5, 0.6) is 0 Å². The van der Waals surface area contributed by atoms with E-state index in [1.54, 1.807) is 0 Å². The summed E-state index contributed by atoms with van der Waals surface area (Å²) >= 11 is 3.14. The summed E-state index contributed by atoms with van der Waals surface area (Å²) in [6, 6.07) is 4.06. The lowest BCUT2D eigenvalue weighted by Crippen LogP contribution is -2.18. The number of carbonyl (C=O) groups is 1. The Kier molecular flexibility index (Phi) is 4.89. The van der Waals surface area contributed by atoms with Crippen molar-refractivity contribution in [2.24, 2.45) is 0 Å². The molecule has 1 aromatic carbocycles. The van der Waals surface area contributed by atoms with E-state index in [1.807, 2.05) is 0 Å². The van der Waals surface area contributed by atoms with Crippen LogP contribution in [0.25, 0.3) is 0 Å². The second-order valence-electron chi connectivity index (χ2n) is 3.76. The minimum absolute atomic E-state index is 0.0213. The molecule has 0 aliphatic carbocycles. The number of aliphatic hydroxyl groups is 1. The number of halogens is 1. The van der Waals surface area contributed by atoms with Gasteiger partial charge in [-0.25, -0.2) is 13.2 Å². The van der Waals surface area contributed by atoms with Gasteiger partial charge < -0.3 is 9.84 Å². The quantitative estimate of drug-likeness (QED) is 0.840. The molecule has 1 atom stereocenters. The summed E-state index contributed by atoms with van der Waals surface area (Å²) in [5, 5.41) is 9.15. The lowest BCUT2D eigenvalue weighted by molar-refractivity contribution is 0.0599. The number of hydrogen-bond donors (Lipinski definition) is 1. The van der Waals surface area contributed by atoms with Gasteiger partial charge in [0, 0.05) is 4.47 Å². The van der Waals surface area contributed by atoms with Crippen molar-refractivity contribution < 1.29 is 23.1 Å². The van der Waals surface area contributed by atoms with E-state index >= 15 is 0 Å². The molecule has 0 amide bonds. The third-order valence-electron chi connectivity index (χ3n) is 2.16. The summed E-state index contributed by atoms with van der Waals surface area (Å²) < 4.78 is 28.8. The number of ether oxygens (including phenoxy) is 1. The summed E-state index contributed by atoms with van der Waals surface area (Å²) in [6.45, 7) is 1.39. The van der Waals surface area contributed by atoms with Crippen LogP contribution >= 0.6 is 15.9 Å². The molecule has 7 heteroatoms. The average molecular weight is 337 g/mol. The Morgan fingerprint density at radius 1 is 1.50 bits per heavy atom. The first-order valence-corrected chi connectivity index (χ1v) is 7.51. The van der Waals surface area contributed by atoms with Crippen molar-refractivity contribution >= 4 is 31.7 Å². The fourth-order valence-corrected chi connectivity index (χ4v) is 3.19. The molecule has 0 saturated carbocycles. The van der Waals surface area contributed by atoms with Gasteiger partial charge in [0.25, 0.3) is 0 Å². The van der Waals surface area contributed by atoms with E-state index in [9.17, 15) is 13.2 Å². The maximum atomic E-state index is 11.9. The molecule has 0 fully saturated rings. The average Bonchev–Trinajstić information content (AvgIpc) is 2.26. The van der Waals surface area contributed by atoms with E-state index in [2.05, 4.69) is 20.7 Å². The van der Waals surface area contributed by atoms with Crippen LogP contribution in [-0.4, -0.2) is 38.5 Å². The minimum atomic E-state index is -3.62. The normalized spacial score (nSPS) is 13.1. The van der Waals surface area contributed by atoms with E-state index in [1.165, 1.54) is 32.2 Å². The highest BCUT2D eigenvalue weighted by molar-refractivity contribution is 9.10. The molecule has 18 heavy (non-hydrogen) atoms. The lowest BCUT2D eigenvalue weighted by Gasteiger charge is -2.09. The highest BCUT2D eigenvalue weighted by atomic mass is 79.9. The molecule has 0 aliphatic rings. The first-order valence-electron chi connectivity index (χ1n) is 5.06. The van der Waals surface area contributed by atoms with Crippen molar-refractivity contribution in [3.8, 4) is 0 Å². The Labute approximate surface area is 114 Å². The van der Waals surface area contributed by atoms with Crippen molar-refractivity contribution in [3.63, 3.8) is 0 Å². The van der Waals surface area contributed by atoms with Crippen LogP contribution in [-0.2, 0) is 14.6 Å². The lowest BCUT2D eigenvalue weighted by atomic mass is 10.2. The molecule has 0 heterocycles. The Hall–Kier alpha value is -0.920. The van der Waals surface area contributed by atoms with Crippen LogP contribution in [0.4, 0.5) is 0 Å². The van der Waals surface area contributed by atoms with Crippen molar-refractivity contribution in [1.82, 2.24) is 0 Å². The van der Waals surface area contributed by atoms with Gasteiger partial charge in [-0.05, 0) is 41.1 Å². The molecule has 1 unspecified atom stereocenters. The van der Waals surface area contributed by atoms with Gasteiger partial charge in [0.15, 0.2) is 9.84 Å². The van der Waals surface area contributed by atoms with Crippen LogP contribution in [0.15, 0.2) is 27.6 Å². The summed E-state index contributed by atoms with van der Waals surface area (Å²) in [6.07, 6.45) is -0.972. The number of hydrogen-bond acceptors (Lipinski definition) is 5. The molecule has 0 aliphatic heterocycles. The van der Waals surface area contributed by atoms with Gasteiger partial charge in [-0.1, -0.05) is 0 Å². The predicted molar refractivity (Wildman–Crippen MR) is 69.2 cm³/mol. The zero-order valence-corrected chi connectivity index (χ0v) is 12.3. The Morgan fingerprint density at radius 3 is 2.61 bits per heavy atom. The standard InChI is InChI=1S/C11H13BrO5S/c1-7(13)6-18(15,16)8-3-4-10(12)9(5-8)11(14)17-2/h3-5,7,13H,6H2,1-2H3. The topological polar surface area (TPSA) is 80.7 Å². The van der Waals surface area contributed by atoms with Crippen LogP contribution in [0.2, 0.25) is 0 Å². The first kappa shape index (κ1) is 15.1. The molecule has 1 rings (SSSR count). The zero-order chi connectivity index (χ0) is 13.9. The monoisotopic (exact) mass is 336 g/mol. The summed E-state index contributed by atoms with van der Waals surface area (Å²) in [5.41, 5.74) is 0.129. The smallest absolute Gasteiger partial charge is 0.339 e. The highest BCUT2D eigenvalue weighted by Crippen LogP contribution is 2.22. The second kappa shape index (κ2) is 5.81. The number of carbonyl (C=O) groups excluding carboxylic acids is 1. The van der Waals surface area contributed by atoms with Crippen LogP contribution in [0.1, 0.15) is 17.3 Å². The SMILES string of the molecule is COC(=O)c1cc(S(=O)(=O)CC(C)O)ccc1Br. The van der Waals surface area contributed by atoms with Gasteiger partial charge in [-0.15, -0.1) is 0 Å². The molecule has 0 spiro atoms. The second-order valence-corrected chi connectivity index (χ2v) is 6.65. The van der Waals surface area contributed by atoms with Crippen LogP contribution in [0.3, 0.4) is 0 Å². The van der Waals surface area contributed by atoms with E-state index in [0.717, 1.165) is 0 Å². The number of methoxy groups -OCH3 is 1.